The molecule has 8 heteroatoms. The van der Waals surface area contributed by atoms with Crippen molar-refractivity contribution in [3.8, 4) is 11.5 Å². The number of nitrogens with one attached hydrogen (secondary N) is 1. The summed E-state index contributed by atoms with van der Waals surface area (Å²) in [5, 5.41) is 32.5. The molecule has 160 valence electrons. The van der Waals surface area contributed by atoms with E-state index in [9.17, 15) is 10.2 Å². The van der Waals surface area contributed by atoms with Gasteiger partial charge in [0.15, 0.2) is 11.5 Å². The van der Waals surface area contributed by atoms with Crippen molar-refractivity contribution in [2.45, 2.75) is 6.54 Å². The van der Waals surface area contributed by atoms with Gasteiger partial charge in [-0.2, -0.15) is 0 Å². The van der Waals surface area contributed by atoms with Gasteiger partial charge in [0, 0.05) is 44.4 Å². The number of furan rings is 1. The molecule has 0 spiro atoms. The zero-order valence-electron chi connectivity index (χ0n) is 17.0. The van der Waals surface area contributed by atoms with Crippen molar-refractivity contribution in [1.82, 2.24) is 10.2 Å². The van der Waals surface area contributed by atoms with Crippen molar-refractivity contribution in [2.24, 2.45) is 10.2 Å². The lowest BCUT2D eigenvalue weighted by Gasteiger charge is -2.27. The molecular weight excluding hydrogens is 396 g/mol. The molecule has 0 bridgehead atoms. The molecule has 0 aliphatic carbocycles. The Labute approximate surface area is 179 Å². The first kappa shape index (κ1) is 19.7. The molecule has 0 saturated carbocycles. The zero-order chi connectivity index (χ0) is 21.2. The molecule has 1 aromatic heterocycles. The number of hydrogen-bond acceptors (Lipinski definition) is 8. The molecule has 5 rings (SSSR count). The largest absolute Gasteiger partial charge is 0.504 e. The summed E-state index contributed by atoms with van der Waals surface area (Å²) in [7, 11) is 0. The normalized spacial score (nSPS) is 17.5. The summed E-state index contributed by atoms with van der Waals surface area (Å²) in [4.78, 5) is 2.32. The molecule has 2 aliphatic heterocycles. The first-order valence-corrected chi connectivity index (χ1v) is 10.4. The van der Waals surface area contributed by atoms with Crippen LogP contribution in [0.25, 0.3) is 22.7 Å². The molecule has 0 unspecified atom stereocenters. The number of fused-ring (bicyclic) bond motifs is 2. The predicted octanol–water partition coefficient (Wildman–Crippen LogP) is 3.51. The summed E-state index contributed by atoms with van der Waals surface area (Å²) >= 11 is 0. The molecular formula is C23H24N4O4. The highest BCUT2D eigenvalue weighted by Gasteiger charge is 2.23. The van der Waals surface area contributed by atoms with E-state index in [-0.39, 0.29) is 19.0 Å². The Morgan fingerprint density at radius 2 is 1.97 bits per heavy atom. The van der Waals surface area contributed by atoms with Crippen LogP contribution in [0.3, 0.4) is 0 Å². The number of aliphatic hydroxyl groups is 1. The second kappa shape index (κ2) is 8.50. The number of aromatic hydroxyl groups is 1. The van der Waals surface area contributed by atoms with Crippen molar-refractivity contribution >= 4 is 28.4 Å². The molecule has 1 saturated heterocycles. The van der Waals surface area contributed by atoms with E-state index < -0.39 is 0 Å². The Balaban J connectivity index is 1.57. The monoisotopic (exact) mass is 420 g/mol. The lowest BCUT2D eigenvalue weighted by molar-refractivity contribution is 0.194. The number of benzene rings is 2. The van der Waals surface area contributed by atoms with Gasteiger partial charge in [0.2, 0.25) is 0 Å². The predicted molar refractivity (Wildman–Crippen MR) is 117 cm³/mol. The highest BCUT2D eigenvalue weighted by atomic mass is 16.5. The second-order valence-corrected chi connectivity index (χ2v) is 7.58. The Bertz CT molecular complexity index is 1160. The maximum atomic E-state index is 10.9. The second-order valence-electron chi connectivity index (χ2n) is 7.58. The number of azo groups is 1. The van der Waals surface area contributed by atoms with Gasteiger partial charge in [-0.05, 0) is 18.2 Å². The average molecular weight is 420 g/mol. The number of ether oxygens (including phenoxy) is 1. The quantitative estimate of drug-likeness (QED) is 0.564. The highest BCUT2D eigenvalue weighted by Crippen LogP contribution is 2.42. The van der Waals surface area contributed by atoms with E-state index in [1.165, 1.54) is 0 Å². The summed E-state index contributed by atoms with van der Waals surface area (Å²) in [5.74, 6) is 1.05. The fraction of sp³-hybridized carbons (Fsp3) is 0.304. The maximum absolute atomic E-state index is 10.9. The number of hydrogen-bond donors (Lipinski definition) is 3. The van der Waals surface area contributed by atoms with E-state index in [0.29, 0.717) is 34.7 Å². The Morgan fingerprint density at radius 1 is 1.13 bits per heavy atom. The van der Waals surface area contributed by atoms with Crippen molar-refractivity contribution in [2.75, 3.05) is 39.4 Å². The third-order valence-electron chi connectivity index (χ3n) is 5.57. The fourth-order valence-electron chi connectivity index (χ4n) is 4.00. The Hall–Kier alpha value is -3.20. The van der Waals surface area contributed by atoms with Gasteiger partial charge in [-0.15, -0.1) is 10.2 Å². The first-order chi connectivity index (χ1) is 15.2. The number of rotatable bonds is 6. The van der Waals surface area contributed by atoms with E-state index in [1.54, 1.807) is 12.1 Å². The van der Waals surface area contributed by atoms with Gasteiger partial charge in [0.05, 0.1) is 28.9 Å². The molecule has 2 aliphatic rings. The lowest BCUT2D eigenvalue weighted by Crippen LogP contribution is -2.42. The zero-order valence-corrected chi connectivity index (χ0v) is 17.0. The highest BCUT2D eigenvalue weighted by molar-refractivity contribution is 5.95. The molecule has 1 fully saturated rings. The number of aliphatic hydroxyl groups excluding tert-OH is 1. The summed E-state index contributed by atoms with van der Waals surface area (Å²) in [6.07, 6.45) is 1.72. The molecule has 0 atom stereocenters. The van der Waals surface area contributed by atoms with Gasteiger partial charge in [0.1, 0.15) is 17.9 Å². The molecule has 31 heavy (non-hydrogen) atoms. The summed E-state index contributed by atoms with van der Waals surface area (Å²) in [5.41, 5.74) is 3.78. The minimum absolute atomic E-state index is 0.0670. The van der Waals surface area contributed by atoms with Crippen LogP contribution < -0.4 is 10.1 Å². The van der Waals surface area contributed by atoms with Gasteiger partial charge < -0.3 is 24.7 Å². The molecule has 0 amide bonds. The number of piperazine rings is 1. The van der Waals surface area contributed by atoms with Gasteiger partial charge in [-0.3, -0.25) is 4.90 Å². The SMILES string of the molecule is OCCOc1ccc2c(O)c(C=C3N=Nc4ccccc43)oc2c1CN1CCNCC1. The van der Waals surface area contributed by atoms with Crippen molar-refractivity contribution in [3.05, 3.63) is 53.3 Å². The van der Waals surface area contributed by atoms with Crippen LogP contribution >= 0.6 is 0 Å². The van der Waals surface area contributed by atoms with Crippen LogP contribution in [0.5, 0.6) is 11.5 Å². The minimum atomic E-state index is -0.0731. The third kappa shape index (κ3) is 3.81. The van der Waals surface area contributed by atoms with Gasteiger partial charge in [0.25, 0.3) is 0 Å². The molecule has 0 radical (unpaired) electrons. The average Bonchev–Trinajstić information content (AvgIpc) is 3.35. The van der Waals surface area contributed by atoms with E-state index in [2.05, 4.69) is 20.4 Å². The Morgan fingerprint density at radius 3 is 2.81 bits per heavy atom. The van der Waals surface area contributed by atoms with E-state index in [4.69, 9.17) is 9.15 Å². The van der Waals surface area contributed by atoms with Crippen molar-refractivity contribution in [1.29, 1.82) is 0 Å². The minimum Gasteiger partial charge on any atom is -0.504 e. The molecule has 3 N–H and O–H groups in total. The standard InChI is InChI=1S/C23H24N4O4/c28-11-12-30-20-6-5-16-22(29)21(13-19-15-3-1-2-4-18(15)25-26-19)31-23(16)17(20)14-27-9-7-24-8-10-27/h1-6,13,24,28-29H,7-12,14H2. The summed E-state index contributed by atoms with van der Waals surface area (Å²) < 4.78 is 11.9. The van der Waals surface area contributed by atoms with Crippen LogP contribution in [0.1, 0.15) is 16.9 Å². The van der Waals surface area contributed by atoms with E-state index in [1.807, 2.05) is 30.3 Å². The Kier molecular flexibility index (Phi) is 5.42. The smallest absolute Gasteiger partial charge is 0.172 e. The van der Waals surface area contributed by atoms with Gasteiger partial charge in [-0.1, -0.05) is 18.2 Å². The first-order valence-electron chi connectivity index (χ1n) is 10.4. The van der Waals surface area contributed by atoms with Crippen LogP contribution in [-0.2, 0) is 6.54 Å². The van der Waals surface area contributed by atoms with Gasteiger partial charge >= 0.3 is 0 Å². The van der Waals surface area contributed by atoms with Crippen LogP contribution in [0, 0.1) is 0 Å². The molecule has 3 aromatic rings. The van der Waals surface area contributed by atoms with Gasteiger partial charge in [-0.25, -0.2) is 0 Å². The topological polar surface area (TPSA) is 103 Å². The van der Waals surface area contributed by atoms with Crippen LogP contribution in [0.15, 0.2) is 51.0 Å². The van der Waals surface area contributed by atoms with Crippen molar-refractivity contribution in [3.63, 3.8) is 0 Å². The molecule has 2 aromatic carbocycles. The van der Waals surface area contributed by atoms with E-state index in [0.717, 1.165) is 43.0 Å². The molecule has 8 nitrogen and oxygen atoms in total. The third-order valence-corrected chi connectivity index (χ3v) is 5.57. The summed E-state index contributed by atoms with van der Waals surface area (Å²) in [6, 6.07) is 11.3. The van der Waals surface area contributed by atoms with E-state index >= 15 is 0 Å². The van der Waals surface area contributed by atoms with Crippen LogP contribution in [-0.4, -0.2) is 54.5 Å². The van der Waals surface area contributed by atoms with Crippen molar-refractivity contribution < 1.29 is 19.4 Å². The van der Waals surface area contributed by atoms with Crippen LogP contribution in [0.2, 0.25) is 0 Å². The maximum Gasteiger partial charge on any atom is 0.172 e. The summed E-state index contributed by atoms with van der Waals surface area (Å²) in [6.45, 7) is 4.43. The fourth-order valence-corrected chi connectivity index (χ4v) is 4.00. The molecule has 3 heterocycles. The lowest BCUT2D eigenvalue weighted by atomic mass is 10.1. The van der Waals surface area contributed by atoms with Crippen LogP contribution in [0.4, 0.5) is 5.69 Å². The number of nitrogens with zero attached hydrogens (tertiary/aromatic N) is 3.